The van der Waals surface area contributed by atoms with Crippen LogP contribution in [0.4, 0.5) is 4.39 Å². The predicted octanol–water partition coefficient (Wildman–Crippen LogP) is 3.54. The first-order valence-corrected chi connectivity index (χ1v) is 9.34. The van der Waals surface area contributed by atoms with E-state index in [1.165, 1.54) is 12.1 Å². The van der Waals surface area contributed by atoms with Crippen LogP contribution in [0.2, 0.25) is 0 Å². The lowest BCUT2D eigenvalue weighted by atomic mass is 9.79. The van der Waals surface area contributed by atoms with E-state index < -0.39 is 11.4 Å². The number of benzene rings is 2. The SMILES string of the molecule is O=C(COC(=O)C1(c2ccc(F)cc2)CCCC1)NCCc1ccccc1. The topological polar surface area (TPSA) is 55.4 Å². The highest BCUT2D eigenvalue weighted by molar-refractivity contribution is 5.86. The summed E-state index contributed by atoms with van der Waals surface area (Å²) in [5.74, 6) is -1.05. The molecule has 1 fully saturated rings. The van der Waals surface area contributed by atoms with Gasteiger partial charge in [0, 0.05) is 6.54 Å². The van der Waals surface area contributed by atoms with E-state index in [0.29, 0.717) is 19.4 Å². The van der Waals surface area contributed by atoms with Gasteiger partial charge in [-0.15, -0.1) is 0 Å². The number of esters is 1. The van der Waals surface area contributed by atoms with E-state index in [9.17, 15) is 14.0 Å². The molecular formula is C22H24FNO3. The van der Waals surface area contributed by atoms with Gasteiger partial charge < -0.3 is 10.1 Å². The lowest BCUT2D eigenvalue weighted by molar-refractivity contribution is -0.154. The van der Waals surface area contributed by atoms with Crippen LogP contribution in [0.1, 0.15) is 36.8 Å². The number of hydrogen-bond donors (Lipinski definition) is 1. The first-order chi connectivity index (χ1) is 13.1. The van der Waals surface area contributed by atoms with Gasteiger partial charge in [-0.05, 0) is 42.5 Å². The second-order valence-electron chi connectivity index (χ2n) is 6.96. The maximum absolute atomic E-state index is 13.2. The summed E-state index contributed by atoms with van der Waals surface area (Å²) in [6, 6.07) is 15.9. The van der Waals surface area contributed by atoms with Crippen molar-refractivity contribution in [3.05, 3.63) is 71.5 Å². The van der Waals surface area contributed by atoms with Gasteiger partial charge in [0.1, 0.15) is 5.82 Å². The standard InChI is InChI=1S/C22H24FNO3/c23-19-10-8-18(9-11-19)22(13-4-5-14-22)21(26)27-16-20(25)24-15-12-17-6-2-1-3-7-17/h1-3,6-11H,4-5,12-16H2,(H,24,25). The molecule has 0 aromatic heterocycles. The van der Waals surface area contributed by atoms with Gasteiger partial charge in [-0.3, -0.25) is 9.59 Å². The number of rotatable bonds is 7. The molecule has 1 aliphatic carbocycles. The lowest BCUT2D eigenvalue weighted by Crippen LogP contribution is -2.38. The van der Waals surface area contributed by atoms with Crippen LogP contribution < -0.4 is 5.32 Å². The molecular weight excluding hydrogens is 345 g/mol. The fourth-order valence-corrected chi connectivity index (χ4v) is 3.67. The molecule has 0 unspecified atom stereocenters. The smallest absolute Gasteiger partial charge is 0.317 e. The molecule has 1 N–H and O–H groups in total. The van der Waals surface area contributed by atoms with Crippen molar-refractivity contribution in [2.75, 3.05) is 13.2 Å². The first-order valence-electron chi connectivity index (χ1n) is 9.34. The Bertz CT molecular complexity index is 768. The van der Waals surface area contributed by atoms with E-state index in [1.807, 2.05) is 30.3 Å². The first kappa shape index (κ1) is 19.1. The minimum absolute atomic E-state index is 0.295. The Morgan fingerprint density at radius 3 is 2.33 bits per heavy atom. The Morgan fingerprint density at radius 2 is 1.67 bits per heavy atom. The molecule has 0 spiro atoms. The zero-order chi connectivity index (χ0) is 19.1. The molecule has 27 heavy (non-hydrogen) atoms. The monoisotopic (exact) mass is 369 g/mol. The quantitative estimate of drug-likeness (QED) is 0.760. The highest BCUT2D eigenvalue weighted by atomic mass is 19.1. The second kappa shape index (κ2) is 8.80. The van der Waals surface area contributed by atoms with Crippen molar-refractivity contribution < 1.29 is 18.7 Å². The molecule has 0 atom stereocenters. The summed E-state index contributed by atoms with van der Waals surface area (Å²) < 4.78 is 18.6. The van der Waals surface area contributed by atoms with Gasteiger partial charge in [-0.2, -0.15) is 0 Å². The molecule has 3 rings (SSSR count). The molecule has 0 saturated heterocycles. The van der Waals surface area contributed by atoms with Gasteiger partial charge in [-0.25, -0.2) is 4.39 Å². The van der Waals surface area contributed by atoms with Crippen LogP contribution in [0.5, 0.6) is 0 Å². The highest BCUT2D eigenvalue weighted by Gasteiger charge is 2.44. The normalized spacial score (nSPS) is 15.3. The molecule has 2 aromatic rings. The Balaban J connectivity index is 1.52. The van der Waals surface area contributed by atoms with E-state index in [4.69, 9.17) is 4.74 Å². The maximum atomic E-state index is 13.2. The number of ether oxygens (including phenoxy) is 1. The summed E-state index contributed by atoms with van der Waals surface area (Å²) >= 11 is 0. The molecule has 1 saturated carbocycles. The van der Waals surface area contributed by atoms with Crippen molar-refractivity contribution in [1.29, 1.82) is 0 Å². The fraction of sp³-hybridized carbons (Fsp3) is 0.364. The van der Waals surface area contributed by atoms with Crippen molar-refractivity contribution in [2.24, 2.45) is 0 Å². The van der Waals surface area contributed by atoms with Crippen LogP contribution in [0, 0.1) is 5.82 Å². The van der Waals surface area contributed by atoms with Crippen LogP contribution in [0.15, 0.2) is 54.6 Å². The highest BCUT2D eigenvalue weighted by Crippen LogP contribution is 2.42. The zero-order valence-electron chi connectivity index (χ0n) is 15.2. The number of hydrogen-bond acceptors (Lipinski definition) is 3. The number of amides is 1. The molecule has 0 heterocycles. The van der Waals surface area contributed by atoms with E-state index in [1.54, 1.807) is 12.1 Å². The molecule has 5 heteroatoms. The number of nitrogens with one attached hydrogen (secondary N) is 1. The summed E-state index contributed by atoms with van der Waals surface area (Å²) in [4.78, 5) is 24.8. The Hall–Kier alpha value is -2.69. The van der Waals surface area contributed by atoms with Crippen molar-refractivity contribution in [3.63, 3.8) is 0 Å². The second-order valence-corrected chi connectivity index (χ2v) is 6.96. The van der Waals surface area contributed by atoms with Crippen molar-refractivity contribution in [3.8, 4) is 0 Å². The molecule has 1 aliphatic rings. The van der Waals surface area contributed by atoms with Gasteiger partial charge in [-0.1, -0.05) is 55.3 Å². The van der Waals surface area contributed by atoms with E-state index in [0.717, 1.165) is 30.4 Å². The Labute approximate surface area is 158 Å². The van der Waals surface area contributed by atoms with E-state index in [-0.39, 0.29) is 18.3 Å². The van der Waals surface area contributed by atoms with Gasteiger partial charge in [0.2, 0.25) is 0 Å². The molecule has 0 aliphatic heterocycles. The van der Waals surface area contributed by atoms with E-state index in [2.05, 4.69) is 5.32 Å². The lowest BCUT2D eigenvalue weighted by Gasteiger charge is -2.27. The summed E-state index contributed by atoms with van der Waals surface area (Å²) in [5.41, 5.74) is 1.13. The summed E-state index contributed by atoms with van der Waals surface area (Å²) in [6.07, 6.45) is 3.87. The summed E-state index contributed by atoms with van der Waals surface area (Å²) in [7, 11) is 0. The number of carbonyl (C=O) groups excluding carboxylic acids is 2. The molecule has 142 valence electrons. The van der Waals surface area contributed by atoms with Crippen LogP contribution in [-0.4, -0.2) is 25.0 Å². The largest absolute Gasteiger partial charge is 0.455 e. The van der Waals surface area contributed by atoms with Gasteiger partial charge in [0.05, 0.1) is 5.41 Å². The number of halogens is 1. The third kappa shape index (κ3) is 4.73. The molecule has 0 bridgehead atoms. The predicted molar refractivity (Wildman–Crippen MR) is 101 cm³/mol. The zero-order valence-corrected chi connectivity index (χ0v) is 15.2. The van der Waals surface area contributed by atoms with Gasteiger partial charge in [0.15, 0.2) is 6.61 Å². The molecule has 4 nitrogen and oxygen atoms in total. The van der Waals surface area contributed by atoms with Crippen molar-refractivity contribution in [1.82, 2.24) is 5.32 Å². The van der Waals surface area contributed by atoms with Crippen LogP contribution >= 0.6 is 0 Å². The average molecular weight is 369 g/mol. The minimum atomic E-state index is -0.766. The molecule has 1 amide bonds. The van der Waals surface area contributed by atoms with Crippen LogP contribution in [0.25, 0.3) is 0 Å². The number of carbonyl (C=O) groups is 2. The average Bonchev–Trinajstić information content (AvgIpc) is 3.18. The maximum Gasteiger partial charge on any atom is 0.317 e. The third-order valence-corrected chi connectivity index (χ3v) is 5.16. The third-order valence-electron chi connectivity index (χ3n) is 5.16. The van der Waals surface area contributed by atoms with Gasteiger partial charge in [0.25, 0.3) is 5.91 Å². The van der Waals surface area contributed by atoms with Crippen LogP contribution in [0.3, 0.4) is 0 Å². The Kier molecular flexibility index (Phi) is 6.22. The summed E-state index contributed by atoms with van der Waals surface area (Å²) in [5, 5.41) is 2.77. The molecule has 2 aromatic carbocycles. The minimum Gasteiger partial charge on any atom is -0.455 e. The van der Waals surface area contributed by atoms with Crippen LogP contribution in [-0.2, 0) is 26.2 Å². The Morgan fingerprint density at radius 1 is 1.00 bits per heavy atom. The van der Waals surface area contributed by atoms with Gasteiger partial charge >= 0.3 is 5.97 Å². The van der Waals surface area contributed by atoms with E-state index >= 15 is 0 Å². The van der Waals surface area contributed by atoms with Crippen molar-refractivity contribution >= 4 is 11.9 Å². The molecule has 0 radical (unpaired) electrons. The van der Waals surface area contributed by atoms with Crippen molar-refractivity contribution in [2.45, 2.75) is 37.5 Å². The summed E-state index contributed by atoms with van der Waals surface area (Å²) in [6.45, 7) is 0.195. The fourth-order valence-electron chi connectivity index (χ4n) is 3.67.